The van der Waals surface area contributed by atoms with Gasteiger partial charge in [-0.05, 0) is 19.9 Å². The molecule has 0 bridgehead atoms. The maximum Gasteiger partial charge on any atom is 0.275 e. The summed E-state index contributed by atoms with van der Waals surface area (Å²) in [6.07, 6.45) is 1.19. The number of anilines is 1. The molecule has 104 valence electrons. The number of nitro benzene ring substituents is 1. The minimum Gasteiger partial charge on any atom is -0.435 e. The van der Waals surface area contributed by atoms with Gasteiger partial charge in [0.05, 0.1) is 16.6 Å². The van der Waals surface area contributed by atoms with Crippen LogP contribution in [0.5, 0.6) is 11.6 Å². The monoisotopic (exact) mass is 278 g/mol. The second kappa shape index (κ2) is 5.08. The number of nitrogens with two attached hydrogens (primary N) is 1. The van der Waals surface area contributed by atoms with Crippen molar-refractivity contribution < 1.29 is 14.1 Å². The normalized spacial score (nSPS) is 10.3. The van der Waals surface area contributed by atoms with Crippen molar-refractivity contribution in [1.29, 1.82) is 0 Å². The Hall–Kier alpha value is -2.77. The number of hydrogen-bond donors (Lipinski definition) is 1. The van der Waals surface area contributed by atoms with Crippen molar-refractivity contribution in [3.05, 3.63) is 45.5 Å². The molecule has 1 aromatic heterocycles. The Morgan fingerprint density at radius 2 is 2.05 bits per heavy atom. The Balaban J connectivity index is 2.42. The zero-order valence-corrected chi connectivity index (χ0v) is 10.8. The predicted octanol–water partition coefficient (Wildman–Crippen LogP) is 2.52. The van der Waals surface area contributed by atoms with Gasteiger partial charge in [0.25, 0.3) is 5.69 Å². The molecule has 0 saturated heterocycles. The largest absolute Gasteiger partial charge is 0.435 e. The topological polar surface area (TPSA) is 104 Å². The van der Waals surface area contributed by atoms with E-state index >= 15 is 0 Å². The van der Waals surface area contributed by atoms with Gasteiger partial charge in [-0.25, -0.2) is 14.4 Å². The number of nitrogen functional groups attached to an aromatic ring is 1. The van der Waals surface area contributed by atoms with Crippen LogP contribution in [0, 0.1) is 29.8 Å². The summed E-state index contributed by atoms with van der Waals surface area (Å²) in [5.41, 5.74) is 6.03. The molecule has 0 spiro atoms. The van der Waals surface area contributed by atoms with Crippen LogP contribution in [-0.2, 0) is 0 Å². The van der Waals surface area contributed by atoms with Crippen LogP contribution in [0.25, 0.3) is 0 Å². The maximum absolute atomic E-state index is 13.8. The SMILES string of the molecule is Cc1cc(Oc2ncnc(N)c2C)c(F)cc1[N+](=O)[O-]. The molecule has 1 aromatic carbocycles. The van der Waals surface area contributed by atoms with E-state index in [0.29, 0.717) is 5.56 Å². The third-order valence-electron chi connectivity index (χ3n) is 2.73. The molecule has 0 atom stereocenters. The zero-order valence-electron chi connectivity index (χ0n) is 10.8. The highest BCUT2D eigenvalue weighted by Crippen LogP contribution is 2.31. The molecule has 2 rings (SSSR count). The van der Waals surface area contributed by atoms with Gasteiger partial charge in [-0.15, -0.1) is 0 Å². The second-order valence-corrected chi connectivity index (χ2v) is 4.12. The number of halogens is 1. The third kappa shape index (κ3) is 2.48. The van der Waals surface area contributed by atoms with Crippen LogP contribution in [0.1, 0.15) is 11.1 Å². The number of nitro groups is 1. The van der Waals surface area contributed by atoms with Crippen molar-refractivity contribution in [1.82, 2.24) is 9.97 Å². The molecule has 0 saturated carbocycles. The van der Waals surface area contributed by atoms with E-state index in [-0.39, 0.29) is 28.7 Å². The summed E-state index contributed by atoms with van der Waals surface area (Å²) in [5, 5.41) is 10.7. The summed E-state index contributed by atoms with van der Waals surface area (Å²) in [4.78, 5) is 17.7. The highest BCUT2D eigenvalue weighted by atomic mass is 19.1. The molecule has 0 unspecified atom stereocenters. The lowest BCUT2D eigenvalue weighted by Gasteiger charge is -2.09. The molecule has 2 aromatic rings. The molecule has 0 amide bonds. The second-order valence-electron chi connectivity index (χ2n) is 4.12. The summed E-state index contributed by atoms with van der Waals surface area (Å²) in [7, 11) is 0. The summed E-state index contributed by atoms with van der Waals surface area (Å²) in [5.74, 6) is -0.688. The number of rotatable bonds is 3. The predicted molar refractivity (Wildman–Crippen MR) is 69.0 cm³/mol. The van der Waals surface area contributed by atoms with E-state index in [1.807, 2.05) is 0 Å². The van der Waals surface area contributed by atoms with Gasteiger partial charge >= 0.3 is 0 Å². The fraction of sp³-hybridized carbons (Fsp3) is 0.167. The Morgan fingerprint density at radius 3 is 2.70 bits per heavy atom. The Kier molecular flexibility index (Phi) is 3.47. The number of benzene rings is 1. The lowest BCUT2D eigenvalue weighted by Crippen LogP contribution is -2.01. The first-order valence-electron chi connectivity index (χ1n) is 5.59. The van der Waals surface area contributed by atoms with Gasteiger partial charge in [-0.2, -0.15) is 0 Å². The quantitative estimate of drug-likeness (QED) is 0.683. The first-order chi connectivity index (χ1) is 9.40. The molecule has 1 heterocycles. The number of aromatic nitrogens is 2. The molecule has 7 nitrogen and oxygen atoms in total. The summed E-state index contributed by atoms with van der Waals surface area (Å²) in [6, 6.07) is 2.05. The summed E-state index contributed by atoms with van der Waals surface area (Å²) in [6.45, 7) is 3.12. The van der Waals surface area contributed by atoms with Crippen molar-refractivity contribution in [3.8, 4) is 11.6 Å². The smallest absolute Gasteiger partial charge is 0.275 e. The fourth-order valence-corrected chi connectivity index (χ4v) is 1.57. The van der Waals surface area contributed by atoms with E-state index in [9.17, 15) is 14.5 Å². The lowest BCUT2D eigenvalue weighted by molar-refractivity contribution is -0.385. The maximum atomic E-state index is 13.8. The van der Waals surface area contributed by atoms with Gasteiger partial charge < -0.3 is 10.5 Å². The van der Waals surface area contributed by atoms with Crippen LogP contribution in [-0.4, -0.2) is 14.9 Å². The first kappa shape index (κ1) is 13.7. The Labute approximate surface area is 113 Å². The Morgan fingerprint density at radius 1 is 1.35 bits per heavy atom. The highest BCUT2D eigenvalue weighted by molar-refractivity contribution is 5.48. The van der Waals surface area contributed by atoms with Gasteiger partial charge in [-0.1, -0.05) is 0 Å². The molecular formula is C12H11FN4O3. The number of ether oxygens (including phenoxy) is 1. The van der Waals surface area contributed by atoms with Gasteiger partial charge in [-0.3, -0.25) is 10.1 Å². The molecule has 0 fully saturated rings. The Bertz CT molecular complexity index is 691. The number of hydrogen-bond acceptors (Lipinski definition) is 6. The van der Waals surface area contributed by atoms with Crippen molar-refractivity contribution in [2.45, 2.75) is 13.8 Å². The fourth-order valence-electron chi connectivity index (χ4n) is 1.57. The molecule has 2 N–H and O–H groups in total. The third-order valence-corrected chi connectivity index (χ3v) is 2.73. The summed E-state index contributed by atoms with van der Waals surface area (Å²) >= 11 is 0. The summed E-state index contributed by atoms with van der Waals surface area (Å²) < 4.78 is 19.1. The first-order valence-corrected chi connectivity index (χ1v) is 5.59. The van der Waals surface area contributed by atoms with E-state index in [0.717, 1.165) is 6.07 Å². The standard InChI is InChI=1S/C12H11FN4O3/c1-6-3-10(8(13)4-9(6)17(18)19)20-12-7(2)11(14)15-5-16-12/h3-5H,1-2H3,(H2,14,15,16). The van der Waals surface area contributed by atoms with Crippen LogP contribution in [0.3, 0.4) is 0 Å². The van der Waals surface area contributed by atoms with Crippen LogP contribution in [0.2, 0.25) is 0 Å². The zero-order chi connectivity index (χ0) is 14.9. The lowest BCUT2D eigenvalue weighted by atomic mass is 10.2. The number of aryl methyl sites for hydroxylation is 1. The molecule has 0 radical (unpaired) electrons. The van der Waals surface area contributed by atoms with Crippen molar-refractivity contribution in [2.75, 3.05) is 5.73 Å². The van der Waals surface area contributed by atoms with Crippen molar-refractivity contribution in [2.24, 2.45) is 0 Å². The van der Waals surface area contributed by atoms with Crippen LogP contribution in [0.4, 0.5) is 15.9 Å². The van der Waals surface area contributed by atoms with Crippen LogP contribution < -0.4 is 10.5 Å². The van der Waals surface area contributed by atoms with Crippen molar-refractivity contribution >= 4 is 11.5 Å². The van der Waals surface area contributed by atoms with Gasteiger partial charge in [0.15, 0.2) is 11.6 Å². The van der Waals surface area contributed by atoms with Crippen LogP contribution >= 0.6 is 0 Å². The number of nitrogens with zero attached hydrogens (tertiary/aromatic N) is 3. The molecular weight excluding hydrogens is 267 g/mol. The van der Waals surface area contributed by atoms with Gasteiger partial charge in [0.1, 0.15) is 12.1 Å². The van der Waals surface area contributed by atoms with Crippen molar-refractivity contribution in [3.63, 3.8) is 0 Å². The molecule has 0 aliphatic rings. The minimum absolute atomic E-state index is 0.102. The average molecular weight is 278 g/mol. The minimum atomic E-state index is -0.848. The molecule has 0 aliphatic heterocycles. The van der Waals surface area contributed by atoms with Gasteiger partial charge in [0.2, 0.25) is 5.88 Å². The van der Waals surface area contributed by atoms with Gasteiger partial charge in [0, 0.05) is 5.56 Å². The van der Waals surface area contributed by atoms with Crippen LogP contribution in [0.15, 0.2) is 18.5 Å². The molecule has 8 heteroatoms. The molecule has 20 heavy (non-hydrogen) atoms. The average Bonchev–Trinajstić information content (AvgIpc) is 2.38. The van der Waals surface area contributed by atoms with E-state index in [4.69, 9.17) is 10.5 Å². The van der Waals surface area contributed by atoms with E-state index in [1.54, 1.807) is 6.92 Å². The molecule has 0 aliphatic carbocycles. The van der Waals surface area contributed by atoms with E-state index in [2.05, 4.69) is 9.97 Å². The highest BCUT2D eigenvalue weighted by Gasteiger charge is 2.18. The van der Waals surface area contributed by atoms with E-state index in [1.165, 1.54) is 19.3 Å². The van der Waals surface area contributed by atoms with E-state index < -0.39 is 10.7 Å².